The maximum absolute atomic E-state index is 13.2. The Hall–Kier alpha value is -0.220. The molecule has 0 aliphatic carbocycles. The predicted octanol–water partition coefficient (Wildman–Crippen LogP) is 2.59. The molecule has 0 radical (unpaired) electrons. The lowest BCUT2D eigenvalue weighted by Gasteiger charge is -2.35. The van der Waals surface area contributed by atoms with E-state index in [-0.39, 0.29) is 18.5 Å². The molecule has 0 aromatic rings. The predicted molar refractivity (Wildman–Crippen MR) is 65.5 cm³/mol. The van der Waals surface area contributed by atoms with E-state index < -0.39 is 5.92 Å². The first-order valence-electron chi connectivity index (χ1n) is 6.58. The molecule has 17 heavy (non-hydrogen) atoms. The van der Waals surface area contributed by atoms with Crippen LogP contribution in [0.1, 0.15) is 40.5 Å². The Kier molecular flexibility index (Phi) is 3.24. The van der Waals surface area contributed by atoms with E-state index in [2.05, 4.69) is 32.6 Å². The van der Waals surface area contributed by atoms with Gasteiger partial charge in [-0.25, -0.2) is 8.78 Å². The number of halogens is 2. The van der Waals surface area contributed by atoms with Crippen LogP contribution in [0.5, 0.6) is 0 Å². The first kappa shape index (κ1) is 13.2. The Morgan fingerprint density at radius 2 is 1.88 bits per heavy atom. The molecule has 0 bridgehead atoms. The van der Waals surface area contributed by atoms with Gasteiger partial charge in [0.2, 0.25) is 0 Å². The van der Waals surface area contributed by atoms with Crippen molar-refractivity contribution in [3.05, 3.63) is 0 Å². The zero-order chi connectivity index (χ0) is 12.8. The van der Waals surface area contributed by atoms with Crippen molar-refractivity contribution in [2.75, 3.05) is 19.6 Å². The molecule has 0 spiro atoms. The largest absolute Gasteiger partial charge is 0.294 e. The first-order chi connectivity index (χ1) is 7.69. The molecule has 2 heterocycles. The van der Waals surface area contributed by atoms with Crippen LogP contribution in [0.25, 0.3) is 0 Å². The Labute approximate surface area is 103 Å². The van der Waals surface area contributed by atoms with Gasteiger partial charge in [-0.15, -0.1) is 0 Å². The highest BCUT2D eigenvalue weighted by Gasteiger charge is 2.45. The van der Waals surface area contributed by atoms with Crippen LogP contribution in [0, 0.1) is 0 Å². The second kappa shape index (κ2) is 4.16. The van der Waals surface area contributed by atoms with Gasteiger partial charge in [-0.3, -0.25) is 9.80 Å². The van der Waals surface area contributed by atoms with E-state index in [1.54, 1.807) is 0 Å². The summed E-state index contributed by atoms with van der Waals surface area (Å²) < 4.78 is 26.4. The lowest BCUT2D eigenvalue weighted by Crippen LogP contribution is -2.45. The number of rotatable bonds is 1. The van der Waals surface area contributed by atoms with Crippen molar-refractivity contribution in [2.24, 2.45) is 0 Å². The normalized spacial score (nSPS) is 35.6. The van der Waals surface area contributed by atoms with Crippen molar-refractivity contribution in [1.82, 2.24) is 9.80 Å². The monoisotopic (exact) mass is 246 g/mol. The van der Waals surface area contributed by atoms with Gasteiger partial charge >= 0.3 is 0 Å². The Bertz CT molecular complexity index is 286. The smallest absolute Gasteiger partial charge is 0.261 e. The van der Waals surface area contributed by atoms with Crippen LogP contribution in [-0.2, 0) is 0 Å². The number of hydrogen-bond acceptors (Lipinski definition) is 2. The van der Waals surface area contributed by atoms with Crippen molar-refractivity contribution in [2.45, 2.75) is 64.1 Å². The minimum Gasteiger partial charge on any atom is -0.294 e. The average Bonchev–Trinajstić information content (AvgIpc) is 2.67. The summed E-state index contributed by atoms with van der Waals surface area (Å²) in [5.74, 6) is -2.46. The van der Waals surface area contributed by atoms with Gasteiger partial charge in [-0.2, -0.15) is 0 Å². The third kappa shape index (κ3) is 2.79. The molecule has 4 heteroatoms. The molecule has 2 fully saturated rings. The van der Waals surface area contributed by atoms with Crippen LogP contribution in [-0.4, -0.2) is 53.0 Å². The standard InChI is InChI=1S/C13H24F2N2/c1-10-7-11(8-17(10)12(2,3)4)16-6-5-13(14,15)9-16/h10-11H,5-9H2,1-4H3/t10-,11?/m0/s1. The molecule has 2 nitrogen and oxygen atoms in total. The topological polar surface area (TPSA) is 6.48 Å². The third-order valence-corrected chi connectivity index (χ3v) is 4.13. The van der Waals surface area contributed by atoms with Crippen LogP contribution in [0.2, 0.25) is 0 Å². The molecule has 1 unspecified atom stereocenters. The molecule has 0 saturated carbocycles. The fraction of sp³-hybridized carbons (Fsp3) is 1.00. The Morgan fingerprint density at radius 3 is 2.29 bits per heavy atom. The molecule has 2 aliphatic heterocycles. The second-order valence-electron chi connectivity index (χ2n) is 6.64. The number of nitrogens with zero attached hydrogens (tertiary/aromatic N) is 2. The molecule has 0 N–H and O–H groups in total. The molecular formula is C13H24F2N2. The zero-order valence-corrected chi connectivity index (χ0v) is 11.3. The fourth-order valence-electron chi connectivity index (χ4n) is 3.28. The van der Waals surface area contributed by atoms with Gasteiger partial charge in [-0.1, -0.05) is 0 Å². The van der Waals surface area contributed by atoms with E-state index in [9.17, 15) is 8.78 Å². The van der Waals surface area contributed by atoms with Crippen LogP contribution < -0.4 is 0 Å². The van der Waals surface area contributed by atoms with Crippen LogP contribution in [0.3, 0.4) is 0 Å². The van der Waals surface area contributed by atoms with Crippen molar-refractivity contribution >= 4 is 0 Å². The van der Waals surface area contributed by atoms with Crippen molar-refractivity contribution in [1.29, 1.82) is 0 Å². The summed E-state index contributed by atoms with van der Waals surface area (Å²) in [7, 11) is 0. The molecule has 2 rings (SSSR count). The average molecular weight is 246 g/mol. The molecule has 0 aromatic carbocycles. The maximum atomic E-state index is 13.2. The van der Waals surface area contributed by atoms with E-state index in [4.69, 9.17) is 0 Å². The minimum absolute atomic E-state index is 0.0351. The highest BCUT2D eigenvalue weighted by molar-refractivity contribution is 4.97. The molecule has 2 aliphatic rings. The lowest BCUT2D eigenvalue weighted by atomic mass is 10.1. The number of alkyl halides is 2. The van der Waals surface area contributed by atoms with Gasteiger partial charge < -0.3 is 0 Å². The quantitative estimate of drug-likeness (QED) is 0.701. The highest BCUT2D eigenvalue weighted by atomic mass is 19.3. The Balaban J connectivity index is 1.98. The highest BCUT2D eigenvalue weighted by Crippen LogP contribution is 2.34. The van der Waals surface area contributed by atoms with Crippen LogP contribution >= 0.6 is 0 Å². The molecular weight excluding hydrogens is 222 g/mol. The summed E-state index contributed by atoms with van der Waals surface area (Å²) in [4.78, 5) is 4.43. The summed E-state index contributed by atoms with van der Waals surface area (Å²) >= 11 is 0. The summed E-state index contributed by atoms with van der Waals surface area (Å²) in [6, 6.07) is 0.812. The summed E-state index contributed by atoms with van der Waals surface area (Å²) in [6.45, 7) is 10.3. The van der Waals surface area contributed by atoms with Crippen molar-refractivity contribution < 1.29 is 8.78 Å². The number of likely N-dealkylation sites (tertiary alicyclic amines) is 2. The molecule has 0 aromatic heterocycles. The van der Waals surface area contributed by atoms with E-state index in [0.29, 0.717) is 18.6 Å². The second-order valence-corrected chi connectivity index (χ2v) is 6.64. The lowest BCUT2D eigenvalue weighted by molar-refractivity contribution is 0.00758. The fourth-order valence-corrected chi connectivity index (χ4v) is 3.28. The zero-order valence-electron chi connectivity index (χ0n) is 11.3. The van der Waals surface area contributed by atoms with Crippen LogP contribution in [0.4, 0.5) is 8.78 Å². The number of hydrogen-bond donors (Lipinski definition) is 0. The van der Waals surface area contributed by atoms with Gasteiger partial charge in [-0.05, 0) is 34.1 Å². The van der Waals surface area contributed by atoms with Gasteiger partial charge in [0.1, 0.15) is 0 Å². The van der Waals surface area contributed by atoms with E-state index in [0.717, 1.165) is 13.0 Å². The molecule has 0 amide bonds. The van der Waals surface area contributed by atoms with Gasteiger partial charge in [0.15, 0.2) is 0 Å². The summed E-state index contributed by atoms with van der Waals surface area (Å²) in [5, 5.41) is 0. The van der Waals surface area contributed by atoms with Gasteiger partial charge in [0, 0.05) is 37.1 Å². The van der Waals surface area contributed by atoms with Crippen molar-refractivity contribution in [3.63, 3.8) is 0 Å². The van der Waals surface area contributed by atoms with Crippen LogP contribution in [0.15, 0.2) is 0 Å². The summed E-state index contributed by atoms with van der Waals surface area (Å²) in [6.07, 6.45) is 1.06. The van der Waals surface area contributed by atoms with Gasteiger partial charge in [0.25, 0.3) is 5.92 Å². The molecule has 2 atom stereocenters. The molecule has 100 valence electrons. The first-order valence-corrected chi connectivity index (χ1v) is 6.58. The summed E-state index contributed by atoms with van der Waals surface area (Å²) in [5.41, 5.74) is 0.135. The third-order valence-electron chi connectivity index (χ3n) is 4.13. The molecule has 2 saturated heterocycles. The van der Waals surface area contributed by atoms with Crippen molar-refractivity contribution in [3.8, 4) is 0 Å². The van der Waals surface area contributed by atoms with Gasteiger partial charge in [0.05, 0.1) is 6.54 Å². The maximum Gasteiger partial charge on any atom is 0.261 e. The minimum atomic E-state index is -2.46. The van der Waals surface area contributed by atoms with E-state index >= 15 is 0 Å². The Morgan fingerprint density at radius 1 is 1.24 bits per heavy atom. The van der Waals surface area contributed by atoms with E-state index in [1.165, 1.54) is 0 Å². The van der Waals surface area contributed by atoms with E-state index in [1.807, 2.05) is 4.90 Å². The SMILES string of the molecule is C[C@H]1CC(N2CCC(F)(F)C2)CN1C(C)(C)C.